The molecule has 4 rings (SSSR count). The third-order valence-electron chi connectivity index (χ3n) is 6.37. The number of nitrogens with one attached hydrogen (secondary N) is 1. The van der Waals surface area contributed by atoms with Crippen molar-refractivity contribution in [2.75, 3.05) is 7.11 Å². The van der Waals surface area contributed by atoms with Gasteiger partial charge in [0.2, 0.25) is 0 Å². The van der Waals surface area contributed by atoms with E-state index >= 15 is 0 Å². The molecular formula is C24H27FN4O2. The molecule has 31 heavy (non-hydrogen) atoms. The first kappa shape index (κ1) is 21.2. The Hall–Kier alpha value is -3.09. The minimum absolute atomic E-state index is 0.0992. The molecule has 1 aliphatic carbocycles. The van der Waals surface area contributed by atoms with Crippen LogP contribution in [0.1, 0.15) is 60.9 Å². The standard InChI is InChI=1S/C24H27FN4O2/c1-3-21(29-23(30)17-13-27-24(31-2)28-14-17)16-9-7-15(8-10-16)18-11-12-26-22-19(18)5-4-6-20(22)25/h4-6,11-16,21H,3,7-10H2,1-2H3,(H,29,30)/t15-,16-,21-/m0/s1. The molecule has 1 aliphatic rings. The maximum absolute atomic E-state index is 14.1. The number of halogens is 1. The van der Waals surface area contributed by atoms with Crippen LogP contribution in [-0.4, -0.2) is 34.0 Å². The highest BCUT2D eigenvalue weighted by Gasteiger charge is 2.29. The Morgan fingerprint density at radius 1 is 1.16 bits per heavy atom. The largest absolute Gasteiger partial charge is 0.467 e. The van der Waals surface area contributed by atoms with E-state index in [1.807, 2.05) is 12.1 Å². The van der Waals surface area contributed by atoms with E-state index in [2.05, 4.69) is 27.2 Å². The Kier molecular flexibility index (Phi) is 6.39. The van der Waals surface area contributed by atoms with Crippen molar-refractivity contribution in [2.24, 2.45) is 5.92 Å². The van der Waals surface area contributed by atoms with Gasteiger partial charge in [-0.25, -0.2) is 14.4 Å². The van der Waals surface area contributed by atoms with Crippen LogP contribution in [0.25, 0.3) is 10.9 Å². The number of nitrogens with zero attached hydrogens (tertiary/aromatic N) is 3. The average Bonchev–Trinajstić information content (AvgIpc) is 2.82. The Morgan fingerprint density at radius 3 is 2.58 bits per heavy atom. The highest BCUT2D eigenvalue weighted by molar-refractivity contribution is 5.93. The lowest BCUT2D eigenvalue weighted by Gasteiger charge is -2.34. The van der Waals surface area contributed by atoms with Crippen molar-refractivity contribution >= 4 is 16.8 Å². The van der Waals surface area contributed by atoms with Crippen molar-refractivity contribution in [3.05, 3.63) is 59.8 Å². The van der Waals surface area contributed by atoms with Crippen LogP contribution in [-0.2, 0) is 0 Å². The lowest BCUT2D eigenvalue weighted by atomic mass is 9.75. The molecule has 2 heterocycles. The summed E-state index contributed by atoms with van der Waals surface area (Å²) in [7, 11) is 1.49. The second kappa shape index (κ2) is 9.37. The highest BCUT2D eigenvalue weighted by atomic mass is 19.1. The maximum atomic E-state index is 14.1. The third kappa shape index (κ3) is 4.50. The molecule has 0 aliphatic heterocycles. The Morgan fingerprint density at radius 2 is 1.90 bits per heavy atom. The van der Waals surface area contributed by atoms with E-state index in [0.29, 0.717) is 22.9 Å². The van der Waals surface area contributed by atoms with Gasteiger partial charge in [-0.2, -0.15) is 0 Å². The summed E-state index contributed by atoms with van der Waals surface area (Å²) in [5.74, 6) is 0.359. The first-order valence-corrected chi connectivity index (χ1v) is 10.8. The molecule has 6 nitrogen and oxygen atoms in total. The van der Waals surface area contributed by atoms with Crippen LogP contribution in [0, 0.1) is 11.7 Å². The van der Waals surface area contributed by atoms with Gasteiger partial charge >= 0.3 is 6.01 Å². The van der Waals surface area contributed by atoms with E-state index in [4.69, 9.17) is 4.74 Å². The van der Waals surface area contributed by atoms with Gasteiger partial charge in [0.05, 0.1) is 12.7 Å². The van der Waals surface area contributed by atoms with Crippen LogP contribution in [0.2, 0.25) is 0 Å². The number of para-hydroxylation sites is 1. The molecule has 162 valence electrons. The van der Waals surface area contributed by atoms with E-state index < -0.39 is 0 Å². The van der Waals surface area contributed by atoms with Gasteiger partial charge in [0.1, 0.15) is 11.3 Å². The molecule has 0 spiro atoms. The summed E-state index contributed by atoms with van der Waals surface area (Å²) in [5, 5.41) is 4.07. The van der Waals surface area contributed by atoms with Crippen molar-refractivity contribution in [2.45, 2.75) is 51.0 Å². The molecule has 1 fully saturated rings. The molecule has 1 saturated carbocycles. The number of hydrogen-bond donors (Lipinski definition) is 1. The van der Waals surface area contributed by atoms with Crippen molar-refractivity contribution in [3.63, 3.8) is 0 Å². The minimum atomic E-state index is -0.274. The number of benzene rings is 1. The number of methoxy groups -OCH3 is 1. The van der Waals surface area contributed by atoms with Gasteiger partial charge in [-0.05, 0) is 61.6 Å². The topological polar surface area (TPSA) is 77.0 Å². The zero-order valence-corrected chi connectivity index (χ0v) is 17.8. The van der Waals surface area contributed by atoms with Crippen LogP contribution < -0.4 is 10.1 Å². The fourth-order valence-electron chi connectivity index (χ4n) is 4.69. The predicted molar refractivity (Wildman–Crippen MR) is 117 cm³/mol. The van der Waals surface area contributed by atoms with Gasteiger partial charge in [-0.15, -0.1) is 0 Å². The number of rotatable bonds is 6. The van der Waals surface area contributed by atoms with Crippen LogP contribution in [0.5, 0.6) is 6.01 Å². The second-order valence-electron chi connectivity index (χ2n) is 8.09. The van der Waals surface area contributed by atoms with E-state index in [0.717, 1.165) is 37.5 Å². The molecule has 3 aromatic rings. The maximum Gasteiger partial charge on any atom is 0.316 e. The Labute approximate surface area is 181 Å². The van der Waals surface area contributed by atoms with Crippen molar-refractivity contribution in [1.29, 1.82) is 0 Å². The number of ether oxygens (including phenoxy) is 1. The third-order valence-corrected chi connectivity index (χ3v) is 6.37. The number of amides is 1. The monoisotopic (exact) mass is 422 g/mol. The van der Waals surface area contributed by atoms with Crippen LogP contribution in [0.15, 0.2) is 42.9 Å². The average molecular weight is 423 g/mol. The summed E-state index contributed by atoms with van der Waals surface area (Å²) in [6, 6.07) is 7.53. The van der Waals surface area contributed by atoms with Gasteiger partial charge in [0, 0.05) is 30.0 Å². The summed E-state index contributed by atoms with van der Waals surface area (Å²) in [5.41, 5.74) is 2.05. The van der Waals surface area contributed by atoms with Crippen LogP contribution >= 0.6 is 0 Å². The van der Waals surface area contributed by atoms with Gasteiger partial charge in [0.15, 0.2) is 0 Å². The van der Waals surface area contributed by atoms with E-state index in [-0.39, 0.29) is 23.8 Å². The fraction of sp³-hybridized carbons (Fsp3) is 0.417. The molecule has 7 heteroatoms. The lowest BCUT2D eigenvalue weighted by molar-refractivity contribution is 0.0908. The molecule has 2 aromatic heterocycles. The normalized spacial score (nSPS) is 19.7. The minimum Gasteiger partial charge on any atom is -0.467 e. The van der Waals surface area contributed by atoms with Crippen molar-refractivity contribution < 1.29 is 13.9 Å². The van der Waals surface area contributed by atoms with E-state index in [1.165, 1.54) is 31.1 Å². The summed E-state index contributed by atoms with van der Waals surface area (Å²) >= 11 is 0. The highest BCUT2D eigenvalue weighted by Crippen LogP contribution is 2.40. The number of pyridine rings is 1. The molecule has 1 atom stereocenters. The quantitative estimate of drug-likeness (QED) is 0.625. The van der Waals surface area contributed by atoms with Gasteiger partial charge in [-0.1, -0.05) is 19.1 Å². The smallest absolute Gasteiger partial charge is 0.316 e. The molecule has 0 radical (unpaired) electrons. The second-order valence-corrected chi connectivity index (χ2v) is 8.09. The molecule has 1 N–H and O–H groups in total. The zero-order valence-electron chi connectivity index (χ0n) is 17.8. The van der Waals surface area contributed by atoms with Crippen molar-refractivity contribution in [1.82, 2.24) is 20.3 Å². The number of hydrogen-bond acceptors (Lipinski definition) is 5. The molecule has 0 bridgehead atoms. The predicted octanol–water partition coefficient (Wildman–Crippen LogP) is 4.65. The first-order valence-electron chi connectivity index (χ1n) is 10.8. The fourth-order valence-corrected chi connectivity index (χ4v) is 4.69. The van der Waals surface area contributed by atoms with Gasteiger partial charge in [-0.3, -0.25) is 9.78 Å². The Bertz CT molecular complexity index is 1050. The molecule has 1 aromatic carbocycles. The summed E-state index contributed by atoms with van der Waals surface area (Å²) < 4.78 is 19.1. The molecular weight excluding hydrogens is 395 g/mol. The first-order chi connectivity index (χ1) is 15.1. The van der Waals surface area contributed by atoms with Crippen LogP contribution in [0.4, 0.5) is 4.39 Å². The summed E-state index contributed by atoms with van der Waals surface area (Å²) in [6.45, 7) is 2.10. The van der Waals surface area contributed by atoms with Gasteiger partial charge in [0.25, 0.3) is 5.91 Å². The molecule has 0 unspecified atom stereocenters. The number of carbonyl (C=O) groups excluding carboxylic acids is 1. The Balaban J connectivity index is 1.41. The lowest BCUT2D eigenvalue weighted by Crippen LogP contribution is -2.41. The molecule has 1 amide bonds. The number of fused-ring (bicyclic) bond motifs is 1. The summed E-state index contributed by atoms with van der Waals surface area (Å²) in [4.78, 5) is 24.9. The number of aromatic nitrogens is 3. The van der Waals surface area contributed by atoms with Crippen LogP contribution in [0.3, 0.4) is 0 Å². The number of carbonyl (C=O) groups is 1. The molecule has 0 saturated heterocycles. The zero-order chi connectivity index (χ0) is 21.8. The SMILES string of the molecule is CC[C@H](NC(=O)c1cnc(OC)nc1)[C@H]1CC[C@H](c2ccnc3c(F)cccc32)CC1. The van der Waals surface area contributed by atoms with E-state index in [1.54, 1.807) is 12.3 Å². The van der Waals surface area contributed by atoms with E-state index in [9.17, 15) is 9.18 Å². The van der Waals surface area contributed by atoms with Gasteiger partial charge < -0.3 is 10.1 Å². The van der Waals surface area contributed by atoms with Crippen molar-refractivity contribution in [3.8, 4) is 6.01 Å². The summed E-state index contributed by atoms with van der Waals surface area (Å²) in [6.07, 6.45) is 9.59.